The zero-order valence-corrected chi connectivity index (χ0v) is 18.5. The minimum atomic E-state index is -0.222. The average molecular weight is 445 g/mol. The number of fused-ring (bicyclic) bond motifs is 1. The van der Waals surface area contributed by atoms with E-state index in [9.17, 15) is 9.59 Å². The van der Waals surface area contributed by atoms with Crippen LogP contribution in [0.25, 0.3) is 17.0 Å². The molecule has 5 rings (SSSR count). The molecule has 0 unspecified atom stereocenters. The molecule has 0 radical (unpaired) electrons. The van der Waals surface area contributed by atoms with Gasteiger partial charge in [-0.2, -0.15) is 9.61 Å². The highest BCUT2D eigenvalue weighted by atomic mass is 16.2. The number of amides is 1. The standard InChI is InChI=1S/C22H23N9O2/c1-14(2)30-20(32)9-6-17(26-30)22(33)28(3)16-12-29(13-16)19-8-7-18-24-25-21(31(18)27-19)15-5-4-10-23-11-15/h4-11,14,16H,12-13H2,1-3H3. The Morgan fingerprint density at radius 3 is 2.64 bits per heavy atom. The highest BCUT2D eigenvalue weighted by Crippen LogP contribution is 2.24. The summed E-state index contributed by atoms with van der Waals surface area (Å²) in [6.07, 6.45) is 3.43. The number of aromatic nitrogens is 7. The van der Waals surface area contributed by atoms with Crippen LogP contribution in [-0.2, 0) is 0 Å². The van der Waals surface area contributed by atoms with Crippen LogP contribution in [0.5, 0.6) is 0 Å². The number of carbonyl (C=O) groups is 1. The number of hydrogen-bond acceptors (Lipinski definition) is 8. The van der Waals surface area contributed by atoms with Crippen LogP contribution in [0.3, 0.4) is 0 Å². The summed E-state index contributed by atoms with van der Waals surface area (Å²) in [5.74, 6) is 1.18. The molecule has 33 heavy (non-hydrogen) atoms. The summed E-state index contributed by atoms with van der Waals surface area (Å²) in [6.45, 7) is 4.98. The first kappa shape index (κ1) is 20.7. The predicted molar refractivity (Wildman–Crippen MR) is 121 cm³/mol. The molecule has 0 bridgehead atoms. The SMILES string of the molecule is CC(C)n1nc(C(=O)N(C)C2CN(c3ccc4nnc(-c5cccnc5)n4n3)C2)ccc1=O. The number of hydrogen-bond donors (Lipinski definition) is 0. The van der Waals surface area contributed by atoms with Gasteiger partial charge in [0.05, 0.1) is 12.1 Å². The highest BCUT2D eigenvalue weighted by molar-refractivity contribution is 5.92. The number of likely N-dealkylation sites (N-methyl/N-ethyl adjacent to an activating group) is 1. The Hall–Kier alpha value is -4.15. The third-order valence-corrected chi connectivity index (χ3v) is 5.76. The molecule has 1 fully saturated rings. The Balaban J connectivity index is 1.31. The maximum Gasteiger partial charge on any atom is 0.274 e. The van der Waals surface area contributed by atoms with Gasteiger partial charge >= 0.3 is 0 Å². The van der Waals surface area contributed by atoms with E-state index in [0.29, 0.717) is 24.6 Å². The van der Waals surface area contributed by atoms with Crippen molar-refractivity contribution < 1.29 is 4.79 Å². The largest absolute Gasteiger partial charge is 0.351 e. The molecule has 0 aromatic carbocycles. The first-order valence-corrected chi connectivity index (χ1v) is 10.7. The monoisotopic (exact) mass is 445 g/mol. The van der Waals surface area contributed by atoms with Crippen molar-refractivity contribution in [2.24, 2.45) is 0 Å². The lowest BCUT2D eigenvalue weighted by Gasteiger charge is -2.44. The summed E-state index contributed by atoms with van der Waals surface area (Å²) in [5.41, 5.74) is 1.51. The van der Waals surface area contributed by atoms with Gasteiger partial charge in [0, 0.05) is 44.2 Å². The summed E-state index contributed by atoms with van der Waals surface area (Å²) >= 11 is 0. The van der Waals surface area contributed by atoms with Crippen LogP contribution in [0.2, 0.25) is 0 Å². The lowest BCUT2D eigenvalue weighted by molar-refractivity contribution is 0.0695. The van der Waals surface area contributed by atoms with Gasteiger partial charge in [-0.3, -0.25) is 14.6 Å². The van der Waals surface area contributed by atoms with E-state index in [1.54, 1.807) is 28.9 Å². The van der Waals surface area contributed by atoms with Crippen LogP contribution in [0.1, 0.15) is 30.4 Å². The lowest BCUT2D eigenvalue weighted by atomic mass is 10.1. The van der Waals surface area contributed by atoms with E-state index >= 15 is 0 Å². The van der Waals surface area contributed by atoms with E-state index in [4.69, 9.17) is 5.10 Å². The molecule has 0 spiro atoms. The maximum atomic E-state index is 12.9. The van der Waals surface area contributed by atoms with Crippen LogP contribution in [0.15, 0.2) is 53.6 Å². The first-order valence-electron chi connectivity index (χ1n) is 10.7. The van der Waals surface area contributed by atoms with Crippen molar-refractivity contribution in [2.45, 2.75) is 25.9 Å². The molecule has 4 aromatic heterocycles. The summed E-state index contributed by atoms with van der Waals surface area (Å²) in [4.78, 5) is 32.8. The van der Waals surface area contributed by atoms with Crippen LogP contribution in [0, 0.1) is 0 Å². The molecule has 1 aliphatic rings. The van der Waals surface area contributed by atoms with Gasteiger partial charge in [-0.1, -0.05) is 0 Å². The predicted octanol–water partition coefficient (Wildman–Crippen LogP) is 1.28. The topological polar surface area (TPSA) is 114 Å². The van der Waals surface area contributed by atoms with E-state index in [1.165, 1.54) is 16.8 Å². The van der Waals surface area contributed by atoms with Gasteiger partial charge in [-0.15, -0.1) is 15.3 Å². The Kier molecular flexibility index (Phi) is 5.08. The Morgan fingerprint density at radius 1 is 1.09 bits per heavy atom. The Bertz CT molecular complexity index is 1370. The quantitative estimate of drug-likeness (QED) is 0.451. The molecular formula is C22H23N9O2. The number of nitrogens with zero attached hydrogens (tertiary/aromatic N) is 9. The second kappa shape index (κ2) is 8.08. The highest BCUT2D eigenvalue weighted by Gasteiger charge is 2.34. The molecule has 4 aromatic rings. The van der Waals surface area contributed by atoms with E-state index < -0.39 is 0 Å². The van der Waals surface area contributed by atoms with Crippen LogP contribution >= 0.6 is 0 Å². The van der Waals surface area contributed by atoms with Gasteiger partial charge in [0.25, 0.3) is 11.5 Å². The van der Waals surface area contributed by atoms with Crippen molar-refractivity contribution in [3.63, 3.8) is 0 Å². The molecule has 168 valence electrons. The zero-order chi connectivity index (χ0) is 23.1. The molecule has 0 N–H and O–H groups in total. The second-order valence-electron chi connectivity index (χ2n) is 8.30. The number of pyridine rings is 1. The number of anilines is 1. The van der Waals surface area contributed by atoms with Crippen LogP contribution < -0.4 is 10.5 Å². The molecular weight excluding hydrogens is 422 g/mol. The van der Waals surface area contributed by atoms with Crippen molar-refractivity contribution in [2.75, 3.05) is 25.0 Å². The maximum absolute atomic E-state index is 12.9. The average Bonchev–Trinajstić information content (AvgIpc) is 3.21. The molecule has 0 aliphatic carbocycles. The molecule has 11 nitrogen and oxygen atoms in total. The van der Waals surface area contributed by atoms with Gasteiger partial charge in [-0.25, -0.2) is 4.68 Å². The van der Waals surface area contributed by atoms with Gasteiger partial charge in [0.1, 0.15) is 11.5 Å². The smallest absolute Gasteiger partial charge is 0.274 e. The van der Waals surface area contributed by atoms with Gasteiger partial charge < -0.3 is 9.80 Å². The van der Waals surface area contributed by atoms with E-state index in [1.807, 2.05) is 38.1 Å². The van der Waals surface area contributed by atoms with Gasteiger partial charge in [0.2, 0.25) is 0 Å². The Morgan fingerprint density at radius 2 is 1.91 bits per heavy atom. The summed E-state index contributed by atoms with van der Waals surface area (Å²) in [6, 6.07) is 10.3. The number of carbonyl (C=O) groups excluding carboxylic acids is 1. The number of rotatable bonds is 5. The third-order valence-electron chi connectivity index (χ3n) is 5.76. The molecule has 1 amide bonds. The molecule has 1 aliphatic heterocycles. The molecule has 11 heteroatoms. The van der Waals surface area contributed by atoms with Crippen LogP contribution in [0.4, 0.5) is 5.82 Å². The van der Waals surface area contributed by atoms with Crippen LogP contribution in [-0.4, -0.2) is 71.6 Å². The van der Waals surface area contributed by atoms with Gasteiger partial charge in [-0.05, 0) is 44.2 Å². The normalized spacial score (nSPS) is 14.0. The Labute approximate surface area is 189 Å². The van der Waals surface area contributed by atoms with E-state index in [0.717, 1.165) is 11.4 Å². The minimum absolute atomic E-state index is 0.00920. The van der Waals surface area contributed by atoms with Crippen molar-refractivity contribution in [3.8, 4) is 11.4 Å². The van der Waals surface area contributed by atoms with E-state index in [2.05, 4.69) is 25.2 Å². The second-order valence-corrected chi connectivity index (χ2v) is 8.30. The third kappa shape index (κ3) is 3.71. The molecule has 0 atom stereocenters. The molecule has 0 saturated carbocycles. The summed E-state index contributed by atoms with van der Waals surface area (Å²) in [7, 11) is 1.76. The van der Waals surface area contributed by atoms with Crippen molar-refractivity contribution in [1.29, 1.82) is 0 Å². The van der Waals surface area contributed by atoms with Crippen molar-refractivity contribution >= 4 is 17.4 Å². The molecule has 5 heterocycles. The molecule has 1 saturated heterocycles. The fraction of sp³-hybridized carbons (Fsp3) is 0.318. The fourth-order valence-electron chi connectivity index (χ4n) is 3.77. The summed E-state index contributed by atoms with van der Waals surface area (Å²) in [5, 5.41) is 17.4. The van der Waals surface area contributed by atoms with Crippen molar-refractivity contribution in [1.82, 2.24) is 39.5 Å². The first-order chi connectivity index (χ1) is 15.9. The zero-order valence-electron chi connectivity index (χ0n) is 18.5. The summed E-state index contributed by atoms with van der Waals surface area (Å²) < 4.78 is 3.03. The van der Waals surface area contributed by atoms with E-state index in [-0.39, 0.29) is 29.2 Å². The fourth-order valence-corrected chi connectivity index (χ4v) is 3.77. The minimum Gasteiger partial charge on any atom is -0.351 e. The van der Waals surface area contributed by atoms with Crippen molar-refractivity contribution in [3.05, 3.63) is 64.8 Å². The van der Waals surface area contributed by atoms with Gasteiger partial charge in [0.15, 0.2) is 11.5 Å². The lowest BCUT2D eigenvalue weighted by Crippen LogP contribution is -2.60.